The molecular formula is C9H20O3SSi. The molecule has 0 amide bonds. The van der Waals surface area contributed by atoms with Crippen LogP contribution in [-0.2, 0) is 8.85 Å². The van der Waals surface area contributed by atoms with E-state index >= 15 is 0 Å². The molecule has 0 aliphatic carbocycles. The Morgan fingerprint density at radius 2 is 1.71 bits per heavy atom. The van der Waals surface area contributed by atoms with Crippen LogP contribution in [0.5, 0.6) is 0 Å². The van der Waals surface area contributed by atoms with E-state index in [1.165, 1.54) is 0 Å². The first-order valence-electron chi connectivity index (χ1n) is 5.15. The zero-order valence-electron chi connectivity index (χ0n) is 8.99. The average Bonchev–Trinajstić information content (AvgIpc) is 2.16. The SMILES string of the molecule is CCCO[SiH](CCC(O)=S)OCCC. The van der Waals surface area contributed by atoms with Crippen LogP contribution >= 0.6 is 12.2 Å². The molecule has 0 spiro atoms. The van der Waals surface area contributed by atoms with Crippen molar-refractivity contribution in [2.24, 2.45) is 0 Å². The molecule has 0 atom stereocenters. The maximum Gasteiger partial charge on any atom is 0.321 e. The molecule has 0 saturated carbocycles. The predicted molar refractivity (Wildman–Crippen MR) is 64.3 cm³/mol. The van der Waals surface area contributed by atoms with Gasteiger partial charge in [-0.25, -0.2) is 0 Å². The summed E-state index contributed by atoms with van der Waals surface area (Å²) in [6.07, 6.45) is 2.53. The Morgan fingerprint density at radius 3 is 2.07 bits per heavy atom. The third-order valence-corrected chi connectivity index (χ3v) is 3.79. The molecule has 0 bridgehead atoms. The van der Waals surface area contributed by atoms with Crippen molar-refractivity contribution < 1.29 is 14.0 Å². The topological polar surface area (TPSA) is 38.7 Å². The van der Waals surface area contributed by atoms with E-state index in [2.05, 4.69) is 26.1 Å². The van der Waals surface area contributed by atoms with Crippen LogP contribution in [0.15, 0.2) is 0 Å². The number of hydrogen-bond acceptors (Lipinski definition) is 3. The molecule has 0 aromatic carbocycles. The van der Waals surface area contributed by atoms with Gasteiger partial charge < -0.3 is 14.0 Å². The van der Waals surface area contributed by atoms with Crippen LogP contribution in [0.4, 0.5) is 0 Å². The number of thiocarbonyl (C=S) groups is 1. The van der Waals surface area contributed by atoms with E-state index in [-0.39, 0.29) is 5.05 Å². The van der Waals surface area contributed by atoms with E-state index < -0.39 is 9.28 Å². The van der Waals surface area contributed by atoms with Crippen molar-refractivity contribution in [2.45, 2.75) is 39.2 Å². The summed E-state index contributed by atoms with van der Waals surface area (Å²) in [6, 6.07) is 0.773. The Labute approximate surface area is 93.3 Å². The zero-order chi connectivity index (χ0) is 10.8. The molecule has 5 heteroatoms. The van der Waals surface area contributed by atoms with Gasteiger partial charge in [0.25, 0.3) is 0 Å². The molecule has 0 aromatic rings. The largest absolute Gasteiger partial charge is 0.502 e. The fraction of sp³-hybridized carbons (Fsp3) is 0.889. The van der Waals surface area contributed by atoms with Crippen LogP contribution in [0.1, 0.15) is 33.1 Å². The molecular weight excluding hydrogens is 216 g/mol. The van der Waals surface area contributed by atoms with Crippen molar-refractivity contribution in [3.05, 3.63) is 0 Å². The van der Waals surface area contributed by atoms with E-state index in [0.29, 0.717) is 6.42 Å². The van der Waals surface area contributed by atoms with Crippen molar-refractivity contribution in [1.82, 2.24) is 0 Å². The van der Waals surface area contributed by atoms with Gasteiger partial charge >= 0.3 is 9.28 Å². The van der Waals surface area contributed by atoms with Gasteiger partial charge in [-0.15, -0.1) is 0 Å². The van der Waals surface area contributed by atoms with Crippen molar-refractivity contribution in [1.29, 1.82) is 0 Å². The molecule has 0 aliphatic heterocycles. The summed E-state index contributed by atoms with van der Waals surface area (Å²) in [4.78, 5) is 0. The number of aliphatic hydroxyl groups excluding tert-OH is 1. The molecule has 3 nitrogen and oxygen atoms in total. The van der Waals surface area contributed by atoms with Crippen molar-refractivity contribution >= 4 is 26.6 Å². The normalized spacial score (nSPS) is 10.8. The van der Waals surface area contributed by atoms with Crippen molar-refractivity contribution in [3.8, 4) is 0 Å². The lowest BCUT2D eigenvalue weighted by Gasteiger charge is -2.15. The molecule has 84 valence electrons. The van der Waals surface area contributed by atoms with Crippen LogP contribution < -0.4 is 0 Å². The Balaban J connectivity index is 3.65. The van der Waals surface area contributed by atoms with Gasteiger partial charge in [0.15, 0.2) is 5.05 Å². The highest BCUT2D eigenvalue weighted by atomic mass is 32.1. The molecule has 0 rings (SSSR count). The third kappa shape index (κ3) is 8.62. The van der Waals surface area contributed by atoms with E-state index in [1.807, 2.05) is 0 Å². The van der Waals surface area contributed by atoms with Gasteiger partial charge in [-0.3, -0.25) is 0 Å². The lowest BCUT2D eigenvalue weighted by molar-refractivity contribution is 0.196. The highest BCUT2D eigenvalue weighted by molar-refractivity contribution is 7.80. The lowest BCUT2D eigenvalue weighted by atomic mass is 10.5. The maximum absolute atomic E-state index is 8.89. The summed E-state index contributed by atoms with van der Waals surface area (Å²) < 4.78 is 11.2. The van der Waals surface area contributed by atoms with E-state index in [0.717, 1.165) is 32.1 Å². The fourth-order valence-corrected chi connectivity index (χ4v) is 3.22. The van der Waals surface area contributed by atoms with Crippen LogP contribution in [-0.4, -0.2) is 32.7 Å². The Morgan fingerprint density at radius 1 is 1.21 bits per heavy atom. The molecule has 1 N–H and O–H groups in total. The molecule has 0 saturated heterocycles. The quantitative estimate of drug-likeness (QED) is 0.492. The molecule has 0 heterocycles. The molecule has 0 aromatic heterocycles. The smallest absolute Gasteiger partial charge is 0.321 e. The van der Waals surface area contributed by atoms with Gasteiger partial charge in [0.2, 0.25) is 0 Å². The summed E-state index contributed by atoms with van der Waals surface area (Å²) in [5.41, 5.74) is 0. The molecule has 0 unspecified atom stereocenters. The number of hydrogen-bond donors (Lipinski definition) is 1. The average molecular weight is 236 g/mol. The predicted octanol–water partition coefficient (Wildman–Crippen LogP) is 2.34. The molecule has 0 aliphatic rings. The number of rotatable bonds is 9. The van der Waals surface area contributed by atoms with Gasteiger partial charge in [-0.05, 0) is 31.1 Å². The van der Waals surface area contributed by atoms with Crippen LogP contribution in [0.25, 0.3) is 0 Å². The first-order chi connectivity index (χ1) is 6.70. The van der Waals surface area contributed by atoms with Gasteiger partial charge in [0.05, 0.1) is 0 Å². The van der Waals surface area contributed by atoms with E-state index in [1.54, 1.807) is 0 Å². The zero-order valence-corrected chi connectivity index (χ0v) is 11.0. The summed E-state index contributed by atoms with van der Waals surface area (Å²) >= 11 is 4.61. The third-order valence-electron chi connectivity index (χ3n) is 1.61. The molecule has 14 heavy (non-hydrogen) atoms. The first-order valence-corrected chi connectivity index (χ1v) is 7.32. The second-order valence-electron chi connectivity index (χ2n) is 3.10. The summed E-state index contributed by atoms with van der Waals surface area (Å²) in [6.45, 7) is 5.64. The second kappa shape index (κ2) is 9.58. The Bertz CT molecular complexity index is 147. The number of aliphatic hydroxyl groups is 1. The van der Waals surface area contributed by atoms with E-state index in [4.69, 9.17) is 14.0 Å². The minimum absolute atomic E-state index is 0.0581. The van der Waals surface area contributed by atoms with Gasteiger partial charge in [-0.1, -0.05) is 13.8 Å². The van der Waals surface area contributed by atoms with Crippen molar-refractivity contribution in [3.63, 3.8) is 0 Å². The fourth-order valence-electron chi connectivity index (χ4n) is 0.955. The standard InChI is InChI=1S/C9H20O3SSi/c1-3-6-11-14(12-7-4-2)8-5-9(10)13/h14H,3-8H2,1-2H3,(H,10,13). The van der Waals surface area contributed by atoms with Crippen molar-refractivity contribution in [2.75, 3.05) is 13.2 Å². The highest BCUT2D eigenvalue weighted by Gasteiger charge is 2.13. The molecule has 0 fully saturated rings. The van der Waals surface area contributed by atoms with Crippen LogP contribution in [0.2, 0.25) is 6.04 Å². The summed E-state index contributed by atoms with van der Waals surface area (Å²) in [7, 11) is -1.57. The van der Waals surface area contributed by atoms with Crippen LogP contribution in [0, 0.1) is 0 Å². The second-order valence-corrected chi connectivity index (χ2v) is 5.68. The van der Waals surface area contributed by atoms with Gasteiger partial charge in [0.1, 0.15) is 0 Å². The molecule has 0 radical (unpaired) electrons. The first kappa shape index (κ1) is 14.0. The van der Waals surface area contributed by atoms with Gasteiger partial charge in [-0.2, -0.15) is 0 Å². The van der Waals surface area contributed by atoms with Crippen LogP contribution in [0.3, 0.4) is 0 Å². The highest BCUT2D eigenvalue weighted by Crippen LogP contribution is 2.04. The maximum atomic E-state index is 8.89. The Kier molecular flexibility index (Phi) is 9.60. The minimum atomic E-state index is -1.57. The van der Waals surface area contributed by atoms with E-state index in [9.17, 15) is 0 Å². The van der Waals surface area contributed by atoms with Gasteiger partial charge in [0, 0.05) is 19.6 Å². The summed E-state index contributed by atoms with van der Waals surface area (Å²) in [5.74, 6) is 0. The summed E-state index contributed by atoms with van der Waals surface area (Å²) in [5, 5.41) is 8.95. The lowest BCUT2D eigenvalue weighted by Crippen LogP contribution is -2.24. The minimum Gasteiger partial charge on any atom is -0.502 e. The Hall–Kier alpha value is 0.0269. The monoisotopic (exact) mass is 236 g/mol.